The predicted octanol–water partition coefficient (Wildman–Crippen LogP) is 1.21. The molecule has 2 heterocycles. The second kappa shape index (κ2) is 7.43. The maximum atomic E-state index is 5.43. The van der Waals surface area contributed by atoms with Gasteiger partial charge in [0.2, 0.25) is 5.89 Å². The van der Waals surface area contributed by atoms with Gasteiger partial charge in [-0.1, -0.05) is 11.2 Å². The van der Waals surface area contributed by atoms with Crippen LogP contribution in [0, 0.1) is 0 Å². The summed E-state index contributed by atoms with van der Waals surface area (Å²) in [5.41, 5.74) is 1.04. The molecule has 7 heteroatoms. The summed E-state index contributed by atoms with van der Waals surface area (Å²) in [7, 11) is 3.24. The van der Waals surface area contributed by atoms with Crippen molar-refractivity contribution in [1.29, 1.82) is 0 Å². The van der Waals surface area contributed by atoms with Crippen molar-refractivity contribution in [3.05, 3.63) is 35.5 Å². The summed E-state index contributed by atoms with van der Waals surface area (Å²) in [4.78, 5) is 4.45. The smallest absolute Gasteiger partial charge is 0.228 e. The van der Waals surface area contributed by atoms with Crippen LogP contribution in [0.1, 0.15) is 17.3 Å². The van der Waals surface area contributed by atoms with Gasteiger partial charge >= 0.3 is 0 Å². The van der Waals surface area contributed by atoms with Crippen LogP contribution < -0.4 is 14.8 Å². The molecule has 0 bridgehead atoms. The number of ether oxygens (including phenoxy) is 3. The van der Waals surface area contributed by atoms with E-state index < -0.39 is 0 Å². The predicted molar refractivity (Wildman–Crippen MR) is 83.0 cm³/mol. The summed E-state index contributed by atoms with van der Waals surface area (Å²) in [6, 6.07) is 6.00. The zero-order valence-corrected chi connectivity index (χ0v) is 13.4. The highest BCUT2D eigenvalue weighted by molar-refractivity contribution is 5.43. The van der Waals surface area contributed by atoms with Gasteiger partial charge in [0.15, 0.2) is 17.3 Å². The lowest BCUT2D eigenvalue weighted by molar-refractivity contribution is 0.0744. The number of hydrogen-bond acceptors (Lipinski definition) is 7. The fraction of sp³-hybridized carbons (Fsp3) is 0.500. The Bertz CT molecular complexity index is 638. The largest absolute Gasteiger partial charge is 0.493 e. The fourth-order valence-corrected chi connectivity index (χ4v) is 2.58. The molecule has 1 aromatic heterocycles. The molecule has 1 fully saturated rings. The number of benzene rings is 1. The van der Waals surface area contributed by atoms with Crippen LogP contribution in [0.2, 0.25) is 0 Å². The Morgan fingerprint density at radius 1 is 1.26 bits per heavy atom. The molecule has 0 radical (unpaired) electrons. The summed E-state index contributed by atoms with van der Waals surface area (Å²) in [6.45, 7) is 2.29. The molecule has 1 saturated heterocycles. The first-order valence-corrected chi connectivity index (χ1v) is 7.62. The molecule has 3 rings (SSSR count). The Morgan fingerprint density at radius 2 is 2.13 bits per heavy atom. The molecule has 23 heavy (non-hydrogen) atoms. The SMILES string of the molecule is COc1ccc(Cc2noc(CC3COCCN3)n2)cc1OC. The lowest BCUT2D eigenvalue weighted by Gasteiger charge is -2.22. The average molecular weight is 319 g/mol. The van der Waals surface area contributed by atoms with Crippen LogP contribution in [0.5, 0.6) is 11.5 Å². The first-order valence-electron chi connectivity index (χ1n) is 7.62. The van der Waals surface area contributed by atoms with E-state index in [1.165, 1.54) is 0 Å². The zero-order valence-electron chi connectivity index (χ0n) is 13.4. The summed E-state index contributed by atoms with van der Waals surface area (Å²) in [6.07, 6.45) is 1.26. The maximum absolute atomic E-state index is 5.43. The number of rotatable bonds is 6. The van der Waals surface area contributed by atoms with E-state index in [2.05, 4.69) is 15.5 Å². The number of hydrogen-bond donors (Lipinski definition) is 1. The van der Waals surface area contributed by atoms with Crippen molar-refractivity contribution in [2.75, 3.05) is 34.0 Å². The highest BCUT2D eigenvalue weighted by atomic mass is 16.5. The van der Waals surface area contributed by atoms with Crippen LogP contribution in [0.4, 0.5) is 0 Å². The molecule has 0 amide bonds. The van der Waals surface area contributed by atoms with Gasteiger partial charge in [0, 0.05) is 25.4 Å². The van der Waals surface area contributed by atoms with Gasteiger partial charge in [-0.25, -0.2) is 0 Å². The quantitative estimate of drug-likeness (QED) is 0.857. The number of aromatic nitrogens is 2. The Morgan fingerprint density at radius 3 is 2.87 bits per heavy atom. The molecular weight excluding hydrogens is 298 g/mol. The van der Waals surface area contributed by atoms with Gasteiger partial charge in [-0.2, -0.15) is 4.98 Å². The highest BCUT2D eigenvalue weighted by Gasteiger charge is 2.17. The van der Waals surface area contributed by atoms with Gasteiger partial charge < -0.3 is 24.1 Å². The third kappa shape index (κ3) is 4.00. The molecule has 1 aliphatic heterocycles. The minimum Gasteiger partial charge on any atom is -0.493 e. The molecule has 0 saturated carbocycles. The van der Waals surface area contributed by atoms with Crippen molar-refractivity contribution in [2.45, 2.75) is 18.9 Å². The van der Waals surface area contributed by atoms with E-state index in [0.717, 1.165) is 18.7 Å². The molecular formula is C16H21N3O4. The first-order chi connectivity index (χ1) is 11.3. The van der Waals surface area contributed by atoms with Gasteiger partial charge in [0.05, 0.1) is 27.4 Å². The van der Waals surface area contributed by atoms with Crippen molar-refractivity contribution in [2.24, 2.45) is 0 Å². The standard InChI is InChI=1S/C16H21N3O4/c1-20-13-4-3-11(7-14(13)21-2)8-15-18-16(23-19-15)9-12-10-22-6-5-17-12/h3-4,7,12,17H,5-6,8-10H2,1-2H3. The van der Waals surface area contributed by atoms with E-state index in [1.807, 2.05) is 18.2 Å². The van der Waals surface area contributed by atoms with Crippen molar-refractivity contribution in [3.63, 3.8) is 0 Å². The topological polar surface area (TPSA) is 78.6 Å². The molecule has 0 spiro atoms. The number of methoxy groups -OCH3 is 2. The monoisotopic (exact) mass is 319 g/mol. The molecule has 0 aliphatic carbocycles. The van der Waals surface area contributed by atoms with Gasteiger partial charge in [0.25, 0.3) is 0 Å². The van der Waals surface area contributed by atoms with Gasteiger partial charge in [-0.05, 0) is 17.7 Å². The molecule has 124 valence electrons. The highest BCUT2D eigenvalue weighted by Crippen LogP contribution is 2.28. The number of morpholine rings is 1. The lowest BCUT2D eigenvalue weighted by atomic mass is 10.1. The van der Waals surface area contributed by atoms with Crippen molar-refractivity contribution in [1.82, 2.24) is 15.5 Å². The molecule has 2 aromatic rings. The number of nitrogens with one attached hydrogen (secondary N) is 1. The number of nitrogens with zero attached hydrogens (tertiary/aromatic N) is 2. The van der Waals surface area contributed by atoms with Crippen LogP contribution in [-0.2, 0) is 17.6 Å². The molecule has 1 unspecified atom stereocenters. The van der Waals surface area contributed by atoms with E-state index in [4.69, 9.17) is 18.7 Å². The summed E-state index contributed by atoms with van der Waals surface area (Å²) >= 11 is 0. The Hall–Kier alpha value is -2.12. The average Bonchev–Trinajstić information content (AvgIpc) is 3.02. The molecule has 1 aromatic carbocycles. The Labute approximate surface area is 134 Å². The van der Waals surface area contributed by atoms with E-state index in [9.17, 15) is 0 Å². The summed E-state index contributed by atoms with van der Waals surface area (Å²) < 4.78 is 21.3. The zero-order chi connectivity index (χ0) is 16.1. The second-order valence-electron chi connectivity index (χ2n) is 5.40. The third-order valence-corrected chi connectivity index (χ3v) is 3.74. The van der Waals surface area contributed by atoms with Crippen LogP contribution in [0.25, 0.3) is 0 Å². The van der Waals surface area contributed by atoms with Crippen LogP contribution in [-0.4, -0.2) is 50.2 Å². The fourth-order valence-electron chi connectivity index (χ4n) is 2.58. The normalized spacial score (nSPS) is 17.9. The van der Waals surface area contributed by atoms with Gasteiger partial charge in [-0.15, -0.1) is 0 Å². The molecule has 1 atom stereocenters. The molecule has 1 N–H and O–H groups in total. The Balaban J connectivity index is 1.64. The van der Waals surface area contributed by atoms with Crippen molar-refractivity contribution >= 4 is 0 Å². The van der Waals surface area contributed by atoms with E-state index in [0.29, 0.717) is 42.7 Å². The first kappa shape index (κ1) is 15.8. The molecule has 1 aliphatic rings. The second-order valence-corrected chi connectivity index (χ2v) is 5.40. The third-order valence-electron chi connectivity index (χ3n) is 3.74. The van der Waals surface area contributed by atoms with Crippen LogP contribution in [0.3, 0.4) is 0 Å². The van der Waals surface area contributed by atoms with E-state index >= 15 is 0 Å². The summed E-state index contributed by atoms with van der Waals surface area (Å²) in [5.74, 6) is 2.68. The minimum absolute atomic E-state index is 0.234. The van der Waals surface area contributed by atoms with Crippen molar-refractivity contribution < 1.29 is 18.7 Å². The van der Waals surface area contributed by atoms with Gasteiger partial charge in [-0.3, -0.25) is 0 Å². The van der Waals surface area contributed by atoms with Crippen LogP contribution >= 0.6 is 0 Å². The summed E-state index contributed by atoms with van der Waals surface area (Å²) in [5, 5.41) is 7.42. The van der Waals surface area contributed by atoms with Crippen molar-refractivity contribution in [3.8, 4) is 11.5 Å². The van der Waals surface area contributed by atoms with Gasteiger partial charge in [0.1, 0.15) is 0 Å². The maximum Gasteiger partial charge on any atom is 0.228 e. The lowest BCUT2D eigenvalue weighted by Crippen LogP contribution is -2.42. The minimum atomic E-state index is 0.234. The Kier molecular flexibility index (Phi) is 5.09. The van der Waals surface area contributed by atoms with Crippen LogP contribution in [0.15, 0.2) is 22.7 Å². The van der Waals surface area contributed by atoms with E-state index in [1.54, 1.807) is 14.2 Å². The molecule has 7 nitrogen and oxygen atoms in total. The van der Waals surface area contributed by atoms with E-state index in [-0.39, 0.29) is 6.04 Å².